The molecule has 3 aromatic rings. The van der Waals surface area contributed by atoms with Crippen LogP contribution in [-0.4, -0.2) is 22.0 Å². The predicted octanol–water partition coefficient (Wildman–Crippen LogP) is 4.51. The summed E-state index contributed by atoms with van der Waals surface area (Å²) in [6, 6.07) is 13.7. The zero-order valence-corrected chi connectivity index (χ0v) is 15.4. The second kappa shape index (κ2) is 5.90. The van der Waals surface area contributed by atoms with Gasteiger partial charge in [-0.1, -0.05) is 29.8 Å². The van der Waals surface area contributed by atoms with Gasteiger partial charge in [0.25, 0.3) is 0 Å². The van der Waals surface area contributed by atoms with Crippen molar-refractivity contribution in [3.63, 3.8) is 0 Å². The molecule has 0 radical (unpaired) electrons. The van der Waals surface area contributed by atoms with Gasteiger partial charge in [0, 0.05) is 30.4 Å². The molecule has 1 amide bonds. The third kappa shape index (κ3) is 2.43. The van der Waals surface area contributed by atoms with Gasteiger partial charge in [-0.15, -0.1) is 0 Å². The molecule has 24 heavy (non-hydrogen) atoms. The number of aromatic nitrogens is 2. The molecular formula is C18H15BrClN3O. The Morgan fingerprint density at radius 2 is 2.00 bits per heavy atom. The first-order valence-corrected chi connectivity index (χ1v) is 8.89. The third-order valence-electron chi connectivity index (χ3n) is 4.53. The minimum absolute atomic E-state index is 0.0601. The fourth-order valence-corrected chi connectivity index (χ4v) is 3.93. The van der Waals surface area contributed by atoms with Gasteiger partial charge >= 0.3 is 0 Å². The van der Waals surface area contributed by atoms with E-state index in [9.17, 15) is 4.79 Å². The molecule has 0 saturated carbocycles. The van der Waals surface area contributed by atoms with E-state index in [0.717, 1.165) is 27.0 Å². The van der Waals surface area contributed by atoms with Crippen molar-refractivity contribution in [2.45, 2.75) is 12.3 Å². The fourth-order valence-electron chi connectivity index (χ4n) is 3.34. The van der Waals surface area contributed by atoms with E-state index in [-0.39, 0.29) is 11.8 Å². The number of carbonyl (C=O) groups is 1. The molecule has 0 bridgehead atoms. The van der Waals surface area contributed by atoms with Crippen LogP contribution in [-0.2, 0) is 11.8 Å². The molecule has 4 nitrogen and oxygen atoms in total. The molecule has 1 atom stereocenters. The molecule has 1 aromatic heterocycles. The van der Waals surface area contributed by atoms with Gasteiger partial charge in [-0.25, -0.2) is 4.98 Å². The highest BCUT2D eigenvalue weighted by molar-refractivity contribution is 9.10. The summed E-state index contributed by atoms with van der Waals surface area (Å²) in [5, 5.41) is 0.566. The SMILES string of the molecule is Cn1c(C2CC(=O)N(c3cccc(Br)c3Cl)C2)nc2ccccc21. The van der Waals surface area contributed by atoms with E-state index in [1.807, 2.05) is 49.5 Å². The van der Waals surface area contributed by atoms with Crippen molar-refractivity contribution in [3.05, 3.63) is 57.8 Å². The van der Waals surface area contributed by atoms with Gasteiger partial charge in [0.05, 0.1) is 21.7 Å². The zero-order chi connectivity index (χ0) is 16.8. The number of benzene rings is 2. The Balaban J connectivity index is 1.71. The summed E-state index contributed by atoms with van der Waals surface area (Å²) in [7, 11) is 2.00. The van der Waals surface area contributed by atoms with E-state index in [0.29, 0.717) is 18.0 Å². The lowest BCUT2D eigenvalue weighted by Gasteiger charge is -2.18. The number of aryl methyl sites for hydroxylation is 1. The van der Waals surface area contributed by atoms with Crippen LogP contribution in [0.15, 0.2) is 46.9 Å². The third-order valence-corrected chi connectivity index (χ3v) is 5.82. The first-order chi connectivity index (χ1) is 11.6. The largest absolute Gasteiger partial charge is 0.331 e. The van der Waals surface area contributed by atoms with Crippen molar-refractivity contribution in [2.75, 3.05) is 11.4 Å². The molecule has 2 heterocycles. The molecule has 4 rings (SSSR count). The monoisotopic (exact) mass is 403 g/mol. The quantitative estimate of drug-likeness (QED) is 0.630. The first kappa shape index (κ1) is 15.7. The van der Waals surface area contributed by atoms with Crippen LogP contribution in [0.4, 0.5) is 5.69 Å². The molecule has 0 aliphatic carbocycles. The average molecular weight is 405 g/mol. The summed E-state index contributed by atoms with van der Waals surface area (Å²) in [5.41, 5.74) is 2.79. The molecule has 1 aliphatic heterocycles. The van der Waals surface area contributed by atoms with E-state index < -0.39 is 0 Å². The van der Waals surface area contributed by atoms with E-state index in [1.165, 1.54) is 0 Å². The van der Waals surface area contributed by atoms with Crippen molar-refractivity contribution in [2.24, 2.45) is 7.05 Å². The number of para-hydroxylation sites is 2. The molecule has 6 heteroatoms. The van der Waals surface area contributed by atoms with Crippen LogP contribution in [0.1, 0.15) is 18.2 Å². The summed E-state index contributed by atoms with van der Waals surface area (Å²) in [5.74, 6) is 1.08. The summed E-state index contributed by atoms with van der Waals surface area (Å²) >= 11 is 9.79. The number of amides is 1. The van der Waals surface area contributed by atoms with Crippen LogP contribution >= 0.6 is 27.5 Å². The van der Waals surface area contributed by atoms with Crippen molar-refractivity contribution in [3.8, 4) is 0 Å². The van der Waals surface area contributed by atoms with Gasteiger partial charge in [-0.05, 0) is 40.2 Å². The van der Waals surface area contributed by atoms with Crippen molar-refractivity contribution in [1.82, 2.24) is 9.55 Å². The van der Waals surface area contributed by atoms with Crippen molar-refractivity contribution < 1.29 is 4.79 Å². The van der Waals surface area contributed by atoms with E-state index >= 15 is 0 Å². The van der Waals surface area contributed by atoms with Gasteiger partial charge in [0.15, 0.2) is 0 Å². The lowest BCUT2D eigenvalue weighted by molar-refractivity contribution is -0.117. The molecule has 122 valence electrons. The molecule has 1 saturated heterocycles. The first-order valence-electron chi connectivity index (χ1n) is 7.72. The van der Waals surface area contributed by atoms with E-state index in [2.05, 4.69) is 20.5 Å². The van der Waals surface area contributed by atoms with E-state index in [1.54, 1.807) is 4.90 Å². The Labute approximate surface area is 153 Å². The second-order valence-corrected chi connectivity index (χ2v) is 7.23. The van der Waals surface area contributed by atoms with Crippen LogP contribution in [0.25, 0.3) is 11.0 Å². The average Bonchev–Trinajstić information content (AvgIpc) is 3.11. The maximum absolute atomic E-state index is 12.6. The number of hydrogen-bond acceptors (Lipinski definition) is 2. The van der Waals surface area contributed by atoms with Gasteiger partial charge in [0.1, 0.15) is 5.82 Å². The predicted molar refractivity (Wildman–Crippen MR) is 99.6 cm³/mol. The highest BCUT2D eigenvalue weighted by Crippen LogP contribution is 2.38. The highest BCUT2D eigenvalue weighted by Gasteiger charge is 2.35. The lowest BCUT2D eigenvalue weighted by atomic mass is 10.1. The Hall–Kier alpha value is -1.85. The Bertz CT molecular complexity index is 953. The Morgan fingerprint density at radius 3 is 2.79 bits per heavy atom. The molecule has 0 spiro atoms. The minimum Gasteiger partial charge on any atom is -0.331 e. The standard InChI is InChI=1S/C18H15BrClN3O/c1-22-14-7-3-2-6-13(14)21-18(22)11-9-16(24)23(10-11)15-8-4-5-12(19)17(15)20/h2-8,11H,9-10H2,1H3. The smallest absolute Gasteiger partial charge is 0.227 e. The van der Waals surface area contributed by atoms with Crippen LogP contribution in [0.2, 0.25) is 5.02 Å². The minimum atomic E-state index is 0.0601. The molecule has 0 N–H and O–H groups in total. The van der Waals surface area contributed by atoms with E-state index in [4.69, 9.17) is 16.6 Å². The normalized spacial score (nSPS) is 17.9. The number of rotatable bonds is 2. The van der Waals surface area contributed by atoms with Crippen LogP contribution in [0.3, 0.4) is 0 Å². The van der Waals surface area contributed by atoms with Crippen molar-refractivity contribution in [1.29, 1.82) is 0 Å². The van der Waals surface area contributed by atoms with Gasteiger partial charge < -0.3 is 9.47 Å². The van der Waals surface area contributed by atoms with Gasteiger partial charge in [-0.2, -0.15) is 0 Å². The molecular weight excluding hydrogens is 390 g/mol. The number of nitrogens with zero attached hydrogens (tertiary/aromatic N) is 3. The molecule has 2 aromatic carbocycles. The topological polar surface area (TPSA) is 38.1 Å². The lowest BCUT2D eigenvalue weighted by Crippen LogP contribution is -2.24. The van der Waals surface area contributed by atoms with Crippen molar-refractivity contribution >= 4 is 50.2 Å². The maximum Gasteiger partial charge on any atom is 0.227 e. The maximum atomic E-state index is 12.6. The second-order valence-electron chi connectivity index (χ2n) is 6.00. The summed E-state index contributed by atoms with van der Waals surface area (Å²) in [6.45, 7) is 0.589. The Kier molecular flexibility index (Phi) is 3.85. The zero-order valence-electron chi connectivity index (χ0n) is 13.0. The van der Waals surface area contributed by atoms with Crippen LogP contribution < -0.4 is 4.90 Å². The summed E-state index contributed by atoms with van der Waals surface area (Å²) < 4.78 is 2.87. The Morgan fingerprint density at radius 1 is 1.21 bits per heavy atom. The summed E-state index contributed by atoms with van der Waals surface area (Å²) in [6.07, 6.45) is 0.444. The number of hydrogen-bond donors (Lipinski definition) is 0. The number of imidazole rings is 1. The molecule has 1 unspecified atom stereocenters. The highest BCUT2D eigenvalue weighted by atomic mass is 79.9. The number of fused-ring (bicyclic) bond motifs is 1. The molecule has 1 fully saturated rings. The number of halogens is 2. The number of anilines is 1. The van der Waals surface area contributed by atoms with Crippen LogP contribution in [0, 0.1) is 0 Å². The van der Waals surface area contributed by atoms with Crippen LogP contribution in [0.5, 0.6) is 0 Å². The van der Waals surface area contributed by atoms with Gasteiger partial charge in [-0.3, -0.25) is 4.79 Å². The summed E-state index contributed by atoms with van der Waals surface area (Å²) in [4.78, 5) is 19.1. The number of carbonyl (C=O) groups excluding carboxylic acids is 1. The molecule has 1 aliphatic rings. The van der Waals surface area contributed by atoms with Gasteiger partial charge in [0.2, 0.25) is 5.91 Å². The fraction of sp³-hybridized carbons (Fsp3) is 0.222.